The molecule has 0 spiro atoms. The van der Waals surface area contributed by atoms with Crippen molar-refractivity contribution < 1.29 is 13.8 Å². The van der Waals surface area contributed by atoms with Crippen molar-refractivity contribution in [2.45, 2.75) is 13.3 Å². The van der Waals surface area contributed by atoms with Crippen molar-refractivity contribution in [3.05, 3.63) is 12.7 Å². The monoisotopic (exact) mass is 233 g/mol. The Morgan fingerprint density at radius 3 is 2.73 bits per heavy atom. The van der Waals surface area contributed by atoms with E-state index in [2.05, 4.69) is 6.58 Å². The van der Waals surface area contributed by atoms with Crippen LogP contribution >= 0.6 is 7.52 Å². The van der Waals surface area contributed by atoms with Crippen molar-refractivity contribution >= 4 is 7.52 Å². The Balaban J connectivity index is 2.60. The lowest BCUT2D eigenvalue weighted by molar-refractivity contribution is 0.0650. The van der Waals surface area contributed by atoms with E-state index >= 15 is 0 Å². The topological polar surface area (TPSA) is 38.8 Å². The zero-order valence-corrected chi connectivity index (χ0v) is 10.2. The van der Waals surface area contributed by atoms with E-state index in [1.165, 1.54) is 0 Å². The Labute approximate surface area is 91.7 Å². The van der Waals surface area contributed by atoms with Gasteiger partial charge in [0.15, 0.2) is 0 Å². The van der Waals surface area contributed by atoms with Crippen LogP contribution in [-0.2, 0) is 13.8 Å². The van der Waals surface area contributed by atoms with Crippen molar-refractivity contribution in [1.29, 1.82) is 0 Å². The third-order valence-corrected chi connectivity index (χ3v) is 5.11. The summed E-state index contributed by atoms with van der Waals surface area (Å²) in [5, 5.41) is 0. The molecule has 0 radical (unpaired) electrons. The Hall–Kier alpha value is -0.150. The van der Waals surface area contributed by atoms with Crippen LogP contribution in [0.4, 0.5) is 0 Å². The molecule has 0 amide bonds. The Kier molecular flexibility index (Phi) is 5.54. The summed E-state index contributed by atoms with van der Waals surface area (Å²) in [4.78, 5) is 0. The first-order valence-corrected chi connectivity index (χ1v) is 7.17. The van der Waals surface area contributed by atoms with Crippen LogP contribution in [-0.4, -0.2) is 43.7 Å². The lowest BCUT2D eigenvalue weighted by atomic mass is 10.5. The second-order valence-electron chi connectivity index (χ2n) is 3.42. The first-order chi connectivity index (χ1) is 7.23. The number of morpholine rings is 1. The first kappa shape index (κ1) is 12.9. The minimum Gasteiger partial charge on any atom is -0.379 e. The SMILES string of the molecule is C=CCCP(=O)(OCC)N1CCOCC1. The van der Waals surface area contributed by atoms with Gasteiger partial charge in [0, 0.05) is 19.3 Å². The van der Waals surface area contributed by atoms with Crippen LogP contribution in [0.1, 0.15) is 13.3 Å². The number of hydrogen-bond donors (Lipinski definition) is 0. The van der Waals surface area contributed by atoms with E-state index in [0.29, 0.717) is 39.1 Å². The van der Waals surface area contributed by atoms with Gasteiger partial charge in [-0.25, -0.2) is 4.67 Å². The van der Waals surface area contributed by atoms with E-state index in [0.717, 1.165) is 6.42 Å². The van der Waals surface area contributed by atoms with Gasteiger partial charge in [0.05, 0.1) is 19.8 Å². The molecule has 1 fully saturated rings. The van der Waals surface area contributed by atoms with Gasteiger partial charge in [-0.2, -0.15) is 0 Å². The Morgan fingerprint density at radius 2 is 2.20 bits per heavy atom. The van der Waals surface area contributed by atoms with Crippen LogP contribution in [0.25, 0.3) is 0 Å². The number of nitrogens with zero attached hydrogens (tertiary/aromatic N) is 1. The minimum absolute atomic E-state index is 0.492. The van der Waals surface area contributed by atoms with Gasteiger partial charge >= 0.3 is 0 Å². The molecule has 15 heavy (non-hydrogen) atoms. The molecule has 0 aliphatic carbocycles. The zero-order valence-electron chi connectivity index (χ0n) is 9.35. The van der Waals surface area contributed by atoms with Crippen molar-refractivity contribution in [2.75, 3.05) is 39.1 Å². The van der Waals surface area contributed by atoms with E-state index in [-0.39, 0.29) is 0 Å². The van der Waals surface area contributed by atoms with Crippen LogP contribution in [0.5, 0.6) is 0 Å². The fraction of sp³-hybridized carbons (Fsp3) is 0.800. The summed E-state index contributed by atoms with van der Waals surface area (Å²) in [6.45, 7) is 8.71. The molecule has 1 atom stereocenters. The van der Waals surface area contributed by atoms with Gasteiger partial charge in [0.25, 0.3) is 7.52 Å². The van der Waals surface area contributed by atoms with Crippen LogP contribution in [0.15, 0.2) is 12.7 Å². The Morgan fingerprint density at radius 1 is 1.53 bits per heavy atom. The number of ether oxygens (including phenoxy) is 1. The maximum atomic E-state index is 12.5. The molecule has 0 aromatic rings. The second kappa shape index (κ2) is 6.44. The largest absolute Gasteiger partial charge is 0.379 e. The lowest BCUT2D eigenvalue weighted by Gasteiger charge is -2.33. The molecule has 5 heteroatoms. The quantitative estimate of drug-likeness (QED) is 0.520. The van der Waals surface area contributed by atoms with E-state index in [9.17, 15) is 4.57 Å². The van der Waals surface area contributed by atoms with Gasteiger partial charge in [-0.05, 0) is 13.3 Å². The van der Waals surface area contributed by atoms with Crippen LogP contribution in [0.2, 0.25) is 0 Å². The maximum absolute atomic E-state index is 12.5. The average molecular weight is 233 g/mol. The fourth-order valence-electron chi connectivity index (χ4n) is 1.60. The third-order valence-electron chi connectivity index (χ3n) is 2.37. The molecule has 1 saturated heterocycles. The molecule has 1 aliphatic heterocycles. The lowest BCUT2D eigenvalue weighted by Crippen LogP contribution is -2.35. The zero-order chi connectivity index (χ0) is 11.1. The average Bonchev–Trinajstić information content (AvgIpc) is 2.28. The molecule has 0 saturated carbocycles. The van der Waals surface area contributed by atoms with Crippen molar-refractivity contribution in [1.82, 2.24) is 4.67 Å². The fourth-order valence-corrected chi connectivity index (χ4v) is 3.86. The standard InChI is InChI=1S/C10H20NO3P/c1-3-5-10-15(12,14-4-2)11-6-8-13-9-7-11/h3H,1,4-10H2,2H3. The smallest absolute Gasteiger partial charge is 0.272 e. The minimum atomic E-state index is -2.63. The number of allylic oxidation sites excluding steroid dienone is 1. The van der Waals surface area contributed by atoms with E-state index < -0.39 is 7.52 Å². The molecular formula is C10H20NO3P. The molecule has 1 unspecified atom stereocenters. The van der Waals surface area contributed by atoms with Gasteiger partial charge in [-0.1, -0.05) is 6.08 Å². The Bertz CT molecular complexity index is 239. The van der Waals surface area contributed by atoms with Gasteiger partial charge in [-0.15, -0.1) is 6.58 Å². The molecule has 0 bridgehead atoms. The first-order valence-electron chi connectivity index (χ1n) is 5.40. The van der Waals surface area contributed by atoms with E-state index in [1.54, 1.807) is 6.08 Å². The van der Waals surface area contributed by atoms with Crippen LogP contribution < -0.4 is 0 Å². The van der Waals surface area contributed by atoms with Gasteiger partial charge < -0.3 is 9.26 Å². The molecule has 1 heterocycles. The van der Waals surface area contributed by atoms with Crippen molar-refractivity contribution in [3.8, 4) is 0 Å². The highest BCUT2D eigenvalue weighted by Gasteiger charge is 2.31. The van der Waals surface area contributed by atoms with Gasteiger partial charge in [0.2, 0.25) is 0 Å². The van der Waals surface area contributed by atoms with E-state index in [1.807, 2.05) is 11.6 Å². The van der Waals surface area contributed by atoms with E-state index in [4.69, 9.17) is 9.26 Å². The molecule has 4 nitrogen and oxygen atoms in total. The second-order valence-corrected chi connectivity index (χ2v) is 5.97. The molecule has 0 aromatic heterocycles. The summed E-state index contributed by atoms with van der Waals surface area (Å²) in [6, 6.07) is 0. The number of rotatable bonds is 6. The molecular weight excluding hydrogens is 213 g/mol. The molecule has 0 aromatic carbocycles. The highest BCUT2D eigenvalue weighted by atomic mass is 31.2. The van der Waals surface area contributed by atoms with Crippen LogP contribution in [0, 0.1) is 0 Å². The molecule has 1 rings (SSSR count). The summed E-state index contributed by atoms with van der Waals surface area (Å²) < 4.78 is 25.1. The van der Waals surface area contributed by atoms with Crippen molar-refractivity contribution in [2.24, 2.45) is 0 Å². The van der Waals surface area contributed by atoms with Gasteiger partial charge in [-0.3, -0.25) is 4.57 Å². The normalized spacial score (nSPS) is 22.2. The highest BCUT2D eigenvalue weighted by Crippen LogP contribution is 2.51. The predicted octanol–water partition coefficient (Wildman–Crippen LogP) is 2.12. The highest BCUT2D eigenvalue weighted by molar-refractivity contribution is 7.56. The summed E-state index contributed by atoms with van der Waals surface area (Å²) in [5.41, 5.74) is 0. The molecule has 0 N–H and O–H groups in total. The summed E-state index contributed by atoms with van der Waals surface area (Å²) >= 11 is 0. The molecule has 1 aliphatic rings. The van der Waals surface area contributed by atoms with Gasteiger partial charge in [0.1, 0.15) is 0 Å². The number of hydrogen-bond acceptors (Lipinski definition) is 3. The van der Waals surface area contributed by atoms with Crippen LogP contribution in [0.3, 0.4) is 0 Å². The predicted molar refractivity (Wildman–Crippen MR) is 61.3 cm³/mol. The third kappa shape index (κ3) is 3.72. The summed E-state index contributed by atoms with van der Waals surface area (Å²) in [5.74, 6) is 0. The summed E-state index contributed by atoms with van der Waals surface area (Å²) in [6.07, 6.45) is 3.07. The molecule has 88 valence electrons. The van der Waals surface area contributed by atoms with Crippen molar-refractivity contribution in [3.63, 3.8) is 0 Å². The maximum Gasteiger partial charge on any atom is 0.272 e. The summed E-state index contributed by atoms with van der Waals surface area (Å²) in [7, 11) is -2.63.